The molecule has 2 aromatic carbocycles. The summed E-state index contributed by atoms with van der Waals surface area (Å²) in [6.45, 7) is 1.79. The van der Waals surface area contributed by atoms with Crippen molar-refractivity contribution in [2.24, 2.45) is 0 Å². The van der Waals surface area contributed by atoms with E-state index in [-0.39, 0.29) is 5.82 Å². The van der Waals surface area contributed by atoms with E-state index in [1.54, 1.807) is 31.2 Å². The number of nitrogens with zero attached hydrogens (tertiary/aromatic N) is 2. The summed E-state index contributed by atoms with van der Waals surface area (Å²) in [4.78, 5) is 8.64. The first-order valence-corrected chi connectivity index (χ1v) is 7.79. The van der Waals surface area contributed by atoms with E-state index in [1.807, 2.05) is 24.3 Å². The van der Waals surface area contributed by atoms with Gasteiger partial charge in [-0.3, -0.25) is 0 Å². The Hall–Kier alpha value is -2.47. The third-order valence-corrected chi connectivity index (χ3v) is 3.56. The molecule has 4 nitrogen and oxygen atoms in total. The lowest BCUT2D eigenvalue weighted by molar-refractivity contribution is 0.632. The van der Waals surface area contributed by atoms with Crippen molar-refractivity contribution in [3.63, 3.8) is 0 Å². The Balaban J connectivity index is 1.86. The van der Waals surface area contributed by atoms with E-state index in [0.717, 1.165) is 10.2 Å². The highest BCUT2D eigenvalue weighted by molar-refractivity contribution is 9.10. The number of para-hydroxylation sites is 1. The van der Waals surface area contributed by atoms with Gasteiger partial charge in [-0.05, 0) is 37.3 Å². The second-order valence-corrected chi connectivity index (χ2v) is 5.84. The van der Waals surface area contributed by atoms with Gasteiger partial charge in [-0.2, -0.15) is 0 Å². The van der Waals surface area contributed by atoms with Gasteiger partial charge in [0.05, 0.1) is 5.69 Å². The maximum atomic E-state index is 13.7. The summed E-state index contributed by atoms with van der Waals surface area (Å²) in [5.74, 6) is 1.42. The number of halogens is 2. The minimum Gasteiger partial charge on any atom is -0.340 e. The molecule has 0 spiro atoms. The van der Waals surface area contributed by atoms with Crippen LogP contribution >= 0.6 is 15.9 Å². The van der Waals surface area contributed by atoms with Crippen molar-refractivity contribution >= 4 is 38.9 Å². The lowest BCUT2D eigenvalue weighted by atomic mass is 10.3. The van der Waals surface area contributed by atoms with Gasteiger partial charge in [0.25, 0.3) is 0 Å². The van der Waals surface area contributed by atoms with E-state index in [4.69, 9.17) is 0 Å². The highest BCUT2D eigenvalue weighted by Crippen LogP contribution is 2.23. The number of aryl methyl sites for hydroxylation is 1. The fourth-order valence-electron chi connectivity index (χ4n) is 2.11. The Labute approximate surface area is 141 Å². The smallest absolute Gasteiger partial charge is 0.146 e. The maximum absolute atomic E-state index is 13.7. The molecule has 0 radical (unpaired) electrons. The molecule has 3 aromatic rings. The summed E-state index contributed by atoms with van der Waals surface area (Å²) in [6, 6.07) is 16.0. The number of rotatable bonds is 4. The standard InChI is InChI=1S/C17H14BrFN4/c1-11-20-16(22-13-6-4-5-12(18)9-13)10-17(21-11)23-15-8-3-2-7-14(15)19/h2-10H,1H3,(H2,20,21,22,23). The highest BCUT2D eigenvalue weighted by Gasteiger charge is 2.06. The summed E-state index contributed by atoms with van der Waals surface area (Å²) in [5.41, 5.74) is 1.27. The van der Waals surface area contributed by atoms with Crippen molar-refractivity contribution in [3.8, 4) is 0 Å². The molecule has 0 saturated heterocycles. The van der Waals surface area contributed by atoms with Crippen LogP contribution in [-0.4, -0.2) is 9.97 Å². The second-order valence-electron chi connectivity index (χ2n) is 4.93. The van der Waals surface area contributed by atoms with Gasteiger partial charge < -0.3 is 10.6 Å². The maximum Gasteiger partial charge on any atom is 0.146 e. The van der Waals surface area contributed by atoms with Gasteiger partial charge in [0.2, 0.25) is 0 Å². The van der Waals surface area contributed by atoms with Crippen molar-refractivity contribution in [1.29, 1.82) is 0 Å². The molecule has 0 aliphatic carbocycles. The van der Waals surface area contributed by atoms with Crippen LogP contribution in [-0.2, 0) is 0 Å². The van der Waals surface area contributed by atoms with E-state index in [9.17, 15) is 4.39 Å². The molecule has 0 aliphatic rings. The average molecular weight is 373 g/mol. The minimum absolute atomic E-state index is 0.328. The lowest BCUT2D eigenvalue weighted by Crippen LogP contribution is -2.02. The molecule has 0 unspecified atom stereocenters. The zero-order valence-corrected chi connectivity index (χ0v) is 13.9. The molecule has 23 heavy (non-hydrogen) atoms. The van der Waals surface area contributed by atoms with Gasteiger partial charge in [-0.15, -0.1) is 0 Å². The molecule has 116 valence electrons. The fraction of sp³-hybridized carbons (Fsp3) is 0.0588. The van der Waals surface area contributed by atoms with E-state index in [2.05, 4.69) is 36.5 Å². The zero-order valence-electron chi connectivity index (χ0n) is 12.3. The monoisotopic (exact) mass is 372 g/mol. The molecule has 1 aromatic heterocycles. The predicted molar refractivity (Wildman–Crippen MR) is 93.9 cm³/mol. The van der Waals surface area contributed by atoms with Gasteiger partial charge >= 0.3 is 0 Å². The number of benzene rings is 2. The summed E-state index contributed by atoms with van der Waals surface area (Å²) < 4.78 is 14.7. The third-order valence-electron chi connectivity index (χ3n) is 3.07. The zero-order chi connectivity index (χ0) is 16.2. The van der Waals surface area contributed by atoms with Crippen molar-refractivity contribution < 1.29 is 4.39 Å². The number of aromatic nitrogens is 2. The van der Waals surface area contributed by atoms with Crippen molar-refractivity contribution in [1.82, 2.24) is 9.97 Å². The first kappa shape index (κ1) is 15.4. The van der Waals surface area contributed by atoms with E-state index < -0.39 is 0 Å². The molecule has 0 amide bonds. The lowest BCUT2D eigenvalue weighted by Gasteiger charge is -2.11. The van der Waals surface area contributed by atoms with Gasteiger partial charge in [-0.1, -0.05) is 34.1 Å². The molecule has 6 heteroatoms. The van der Waals surface area contributed by atoms with Crippen LogP contribution in [0.15, 0.2) is 59.1 Å². The van der Waals surface area contributed by atoms with E-state index in [0.29, 0.717) is 23.1 Å². The van der Waals surface area contributed by atoms with E-state index in [1.165, 1.54) is 6.07 Å². The molecule has 2 N–H and O–H groups in total. The Kier molecular flexibility index (Phi) is 4.52. The fourth-order valence-corrected chi connectivity index (χ4v) is 2.51. The third kappa shape index (κ3) is 4.04. The van der Waals surface area contributed by atoms with Gasteiger partial charge in [0, 0.05) is 16.2 Å². The molecule has 0 atom stereocenters. The van der Waals surface area contributed by atoms with Crippen LogP contribution in [0.2, 0.25) is 0 Å². The summed E-state index contributed by atoms with van der Waals surface area (Å²) in [5, 5.41) is 6.19. The van der Waals surface area contributed by atoms with E-state index >= 15 is 0 Å². The van der Waals surface area contributed by atoms with Gasteiger partial charge in [-0.25, -0.2) is 14.4 Å². The molecular formula is C17H14BrFN4. The first-order chi connectivity index (χ1) is 11.1. The van der Waals surface area contributed by atoms with Crippen LogP contribution in [0.1, 0.15) is 5.82 Å². The molecule has 0 bridgehead atoms. The Bertz CT molecular complexity index is 838. The molecular weight excluding hydrogens is 359 g/mol. The van der Waals surface area contributed by atoms with Crippen molar-refractivity contribution in [2.75, 3.05) is 10.6 Å². The van der Waals surface area contributed by atoms with Crippen LogP contribution in [0.4, 0.5) is 27.4 Å². The van der Waals surface area contributed by atoms with Crippen LogP contribution < -0.4 is 10.6 Å². The summed E-state index contributed by atoms with van der Waals surface area (Å²) in [7, 11) is 0. The molecule has 1 heterocycles. The SMILES string of the molecule is Cc1nc(Nc2cccc(Br)c2)cc(Nc2ccccc2F)n1. The summed E-state index contributed by atoms with van der Waals surface area (Å²) in [6.07, 6.45) is 0. The van der Waals surface area contributed by atoms with Crippen molar-refractivity contribution in [3.05, 3.63) is 70.7 Å². The minimum atomic E-state index is -0.328. The number of hydrogen-bond donors (Lipinski definition) is 2. The average Bonchev–Trinajstić information content (AvgIpc) is 2.49. The molecule has 0 aliphatic heterocycles. The second kappa shape index (κ2) is 6.75. The van der Waals surface area contributed by atoms with Crippen LogP contribution in [0.3, 0.4) is 0 Å². The van der Waals surface area contributed by atoms with Crippen LogP contribution in [0.5, 0.6) is 0 Å². The van der Waals surface area contributed by atoms with Crippen molar-refractivity contribution in [2.45, 2.75) is 6.92 Å². The Morgan fingerprint density at radius 1 is 0.913 bits per heavy atom. The molecule has 0 fully saturated rings. The number of hydrogen-bond acceptors (Lipinski definition) is 4. The normalized spacial score (nSPS) is 10.4. The quantitative estimate of drug-likeness (QED) is 0.662. The molecule has 3 rings (SSSR count). The van der Waals surface area contributed by atoms with Gasteiger partial charge in [0.1, 0.15) is 23.3 Å². The Morgan fingerprint density at radius 3 is 2.39 bits per heavy atom. The van der Waals surface area contributed by atoms with Crippen LogP contribution in [0.25, 0.3) is 0 Å². The highest BCUT2D eigenvalue weighted by atomic mass is 79.9. The van der Waals surface area contributed by atoms with Gasteiger partial charge in [0.15, 0.2) is 0 Å². The topological polar surface area (TPSA) is 49.8 Å². The largest absolute Gasteiger partial charge is 0.340 e. The number of nitrogens with one attached hydrogen (secondary N) is 2. The van der Waals surface area contributed by atoms with Crippen LogP contribution in [0, 0.1) is 12.7 Å². The first-order valence-electron chi connectivity index (χ1n) is 7.00. The predicted octanol–water partition coefficient (Wildman–Crippen LogP) is 5.17. The molecule has 0 saturated carbocycles. The summed E-state index contributed by atoms with van der Waals surface area (Å²) >= 11 is 3.43. The Morgan fingerprint density at radius 2 is 1.65 bits per heavy atom. The number of anilines is 4.